The van der Waals surface area contributed by atoms with Crippen molar-refractivity contribution in [3.05, 3.63) is 45.7 Å². The lowest BCUT2D eigenvalue weighted by Gasteiger charge is -2.06. The van der Waals surface area contributed by atoms with E-state index in [-0.39, 0.29) is 16.6 Å². The number of benzene rings is 1. The number of rotatable bonds is 5. The Morgan fingerprint density at radius 1 is 1.35 bits per heavy atom. The van der Waals surface area contributed by atoms with Gasteiger partial charge in [-0.25, -0.2) is 13.5 Å². The summed E-state index contributed by atoms with van der Waals surface area (Å²) in [6.07, 6.45) is 1.68. The Balaban J connectivity index is 2.13. The first-order valence-electron chi connectivity index (χ1n) is 6.22. The Hall–Kier alpha value is -1.34. The molecule has 1 N–H and O–H groups in total. The van der Waals surface area contributed by atoms with Gasteiger partial charge in [-0.15, -0.1) is 5.10 Å². The average molecular weight is 345 g/mol. The summed E-state index contributed by atoms with van der Waals surface area (Å²) in [7, 11) is 0. The van der Waals surface area contributed by atoms with Gasteiger partial charge in [-0.1, -0.05) is 19.1 Å². The molecule has 2 aromatic rings. The minimum absolute atomic E-state index is 0.00574. The van der Waals surface area contributed by atoms with E-state index in [2.05, 4.69) is 31.6 Å². The third kappa shape index (κ3) is 3.61. The van der Waals surface area contributed by atoms with Gasteiger partial charge in [-0.3, -0.25) is 0 Å². The van der Waals surface area contributed by atoms with Crippen molar-refractivity contribution >= 4 is 15.9 Å². The summed E-state index contributed by atoms with van der Waals surface area (Å²) in [5, 5.41) is 11.0. The van der Waals surface area contributed by atoms with E-state index < -0.39 is 11.6 Å². The highest BCUT2D eigenvalue weighted by atomic mass is 79.9. The summed E-state index contributed by atoms with van der Waals surface area (Å²) < 4.78 is 29.1. The maximum absolute atomic E-state index is 13.8. The van der Waals surface area contributed by atoms with Gasteiger partial charge in [0.05, 0.1) is 22.9 Å². The fraction of sp³-hybridized carbons (Fsp3) is 0.385. The van der Waals surface area contributed by atoms with Crippen LogP contribution in [0.15, 0.2) is 22.8 Å². The first-order valence-corrected chi connectivity index (χ1v) is 7.01. The third-order valence-corrected chi connectivity index (χ3v) is 3.35. The summed E-state index contributed by atoms with van der Waals surface area (Å²) in [4.78, 5) is 0. The lowest BCUT2D eigenvalue weighted by molar-refractivity contribution is 0.524. The molecular formula is C13H15BrF2N4. The van der Waals surface area contributed by atoms with Crippen molar-refractivity contribution < 1.29 is 8.78 Å². The minimum Gasteiger partial charge on any atom is -0.309 e. The van der Waals surface area contributed by atoms with Crippen LogP contribution in [0.2, 0.25) is 0 Å². The molecule has 1 aromatic carbocycles. The summed E-state index contributed by atoms with van der Waals surface area (Å²) in [5.41, 5.74) is 0.696. The highest BCUT2D eigenvalue weighted by molar-refractivity contribution is 9.10. The molecule has 0 unspecified atom stereocenters. The van der Waals surface area contributed by atoms with Gasteiger partial charge in [0.15, 0.2) is 0 Å². The molecule has 0 spiro atoms. The second-order valence-corrected chi connectivity index (χ2v) is 5.62. The van der Waals surface area contributed by atoms with Crippen LogP contribution in [-0.2, 0) is 13.1 Å². The number of hydrogen-bond acceptors (Lipinski definition) is 3. The number of halogens is 3. The lowest BCUT2D eigenvalue weighted by Crippen LogP contribution is -2.21. The largest absolute Gasteiger partial charge is 0.309 e. The summed E-state index contributed by atoms with van der Waals surface area (Å²) in [6.45, 7) is 4.63. The normalized spacial score (nSPS) is 11.3. The van der Waals surface area contributed by atoms with Crippen LogP contribution in [0, 0.1) is 11.6 Å². The van der Waals surface area contributed by atoms with E-state index in [4.69, 9.17) is 0 Å². The summed E-state index contributed by atoms with van der Waals surface area (Å²) in [6, 6.07) is 2.90. The summed E-state index contributed by atoms with van der Waals surface area (Å²) in [5.74, 6) is -1.20. The molecule has 0 aliphatic heterocycles. The van der Waals surface area contributed by atoms with Gasteiger partial charge in [-0.2, -0.15) is 0 Å². The maximum atomic E-state index is 13.8. The SMILES string of the molecule is CC(C)NCc1cn(Cc2c(F)ccc(Br)c2F)nn1. The van der Waals surface area contributed by atoms with Crippen LogP contribution in [0.3, 0.4) is 0 Å². The number of hydrogen-bond donors (Lipinski definition) is 1. The van der Waals surface area contributed by atoms with E-state index >= 15 is 0 Å². The van der Waals surface area contributed by atoms with Gasteiger partial charge >= 0.3 is 0 Å². The van der Waals surface area contributed by atoms with Crippen LogP contribution in [0.4, 0.5) is 8.78 Å². The molecule has 0 atom stereocenters. The van der Waals surface area contributed by atoms with E-state index in [9.17, 15) is 8.78 Å². The molecule has 2 rings (SSSR count). The molecule has 20 heavy (non-hydrogen) atoms. The molecule has 0 aliphatic rings. The standard InChI is InChI=1S/C13H15BrF2N4/c1-8(2)17-5-9-6-20(19-18-9)7-10-12(15)4-3-11(14)13(10)16/h3-4,6,8,17H,5,7H2,1-2H3. The second-order valence-electron chi connectivity index (χ2n) is 4.76. The zero-order valence-electron chi connectivity index (χ0n) is 11.2. The van der Waals surface area contributed by atoms with E-state index in [0.29, 0.717) is 12.6 Å². The van der Waals surface area contributed by atoms with E-state index in [0.717, 1.165) is 5.69 Å². The monoisotopic (exact) mass is 344 g/mol. The Morgan fingerprint density at radius 2 is 2.10 bits per heavy atom. The molecule has 0 aliphatic carbocycles. The highest BCUT2D eigenvalue weighted by Gasteiger charge is 2.13. The molecule has 0 fully saturated rings. The van der Waals surface area contributed by atoms with Crippen LogP contribution >= 0.6 is 15.9 Å². The van der Waals surface area contributed by atoms with Crippen molar-refractivity contribution in [2.45, 2.75) is 33.0 Å². The smallest absolute Gasteiger partial charge is 0.145 e. The molecule has 0 saturated heterocycles. The van der Waals surface area contributed by atoms with Crippen molar-refractivity contribution in [3.63, 3.8) is 0 Å². The molecule has 0 radical (unpaired) electrons. The average Bonchev–Trinajstić information content (AvgIpc) is 2.85. The van der Waals surface area contributed by atoms with Gasteiger partial charge in [0, 0.05) is 18.2 Å². The number of aromatic nitrogens is 3. The van der Waals surface area contributed by atoms with Crippen LogP contribution in [0.25, 0.3) is 0 Å². The lowest BCUT2D eigenvalue weighted by atomic mass is 10.2. The van der Waals surface area contributed by atoms with Crippen LogP contribution in [0.1, 0.15) is 25.1 Å². The molecule has 1 heterocycles. The first kappa shape index (κ1) is 15.1. The van der Waals surface area contributed by atoms with Crippen molar-refractivity contribution in [1.29, 1.82) is 0 Å². The zero-order valence-corrected chi connectivity index (χ0v) is 12.8. The van der Waals surface area contributed by atoms with Crippen molar-refractivity contribution in [3.8, 4) is 0 Å². The van der Waals surface area contributed by atoms with E-state index in [1.54, 1.807) is 6.20 Å². The van der Waals surface area contributed by atoms with E-state index in [1.165, 1.54) is 16.8 Å². The van der Waals surface area contributed by atoms with Crippen molar-refractivity contribution in [1.82, 2.24) is 20.3 Å². The fourth-order valence-corrected chi connectivity index (χ4v) is 2.05. The molecule has 7 heteroatoms. The fourth-order valence-electron chi connectivity index (χ4n) is 1.68. The van der Waals surface area contributed by atoms with Crippen LogP contribution in [0.5, 0.6) is 0 Å². The predicted molar refractivity (Wildman–Crippen MR) is 75.2 cm³/mol. The predicted octanol–water partition coefficient (Wildman–Crippen LogP) is 2.87. The third-order valence-electron chi connectivity index (χ3n) is 2.74. The highest BCUT2D eigenvalue weighted by Crippen LogP contribution is 2.22. The Bertz CT molecular complexity index is 598. The van der Waals surface area contributed by atoms with Gasteiger partial charge in [-0.05, 0) is 28.1 Å². The second kappa shape index (κ2) is 6.41. The molecule has 0 amide bonds. The number of nitrogens with zero attached hydrogens (tertiary/aromatic N) is 3. The van der Waals surface area contributed by atoms with Gasteiger partial charge < -0.3 is 5.32 Å². The molecule has 0 saturated carbocycles. The first-order chi connectivity index (χ1) is 9.47. The minimum atomic E-state index is -0.609. The molecule has 1 aromatic heterocycles. The Morgan fingerprint density at radius 3 is 2.80 bits per heavy atom. The topological polar surface area (TPSA) is 42.7 Å². The number of nitrogens with one attached hydrogen (secondary N) is 1. The zero-order chi connectivity index (χ0) is 14.7. The van der Waals surface area contributed by atoms with Crippen molar-refractivity contribution in [2.24, 2.45) is 0 Å². The maximum Gasteiger partial charge on any atom is 0.145 e. The van der Waals surface area contributed by atoms with Gasteiger partial charge in [0.2, 0.25) is 0 Å². The molecule has 108 valence electrons. The quantitative estimate of drug-likeness (QED) is 0.848. The van der Waals surface area contributed by atoms with Crippen molar-refractivity contribution in [2.75, 3.05) is 0 Å². The van der Waals surface area contributed by atoms with E-state index in [1.807, 2.05) is 13.8 Å². The summed E-state index contributed by atoms with van der Waals surface area (Å²) >= 11 is 3.04. The Kier molecular flexibility index (Phi) is 4.82. The van der Waals surface area contributed by atoms with Gasteiger partial charge in [0.25, 0.3) is 0 Å². The molecule has 0 bridgehead atoms. The molecular weight excluding hydrogens is 330 g/mol. The van der Waals surface area contributed by atoms with Crippen LogP contribution < -0.4 is 5.32 Å². The van der Waals surface area contributed by atoms with Crippen LogP contribution in [-0.4, -0.2) is 21.0 Å². The van der Waals surface area contributed by atoms with Gasteiger partial charge in [0.1, 0.15) is 11.6 Å². The molecule has 4 nitrogen and oxygen atoms in total. The Labute approximate surface area is 124 Å².